The first-order valence-corrected chi connectivity index (χ1v) is 7.26. The number of carboxylic acids is 1. The summed E-state index contributed by atoms with van der Waals surface area (Å²) in [7, 11) is 3.53. The van der Waals surface area contributed by atoms with Crippen molar-refractivity contribution < 1.29 is 19.4 Å². The number of unbranched alkanes of at least 4 members (excludes halogenated alkanes) is 1. The van der Waals surface area contributed by atoms with Gasteiger partial charge in [0.2, 0.25) is 0 Å². The standard InChI is InChI=1S/C16H25NO4/c1-4-5-10-21-15-11-13(6-7-14(15)20-3)12-17(2)9-8-16(18)19/h6-7,11H,4-5,8-10,12H2,1-3H3,(H,18,19). The second-order valence-electron chi connectivity index (χ2n) is 5.07. The summed E-state index contributed by atoms with van der Waals surface area (Å²) in [5, 5.41) is 8.70. The van der Waals surface area contributed by atoms with Crippen LogP contribution in [0.1, 0.15) is 31.7 Å². The molecule has 0 fully saturated rings. The lowest BCUT2D eigenvalue weighted by molar-refractivity contribution is -0.137. The molecule has 5 nitrogen and oxygen atoms in total. The second-order valence-corrected chi connectivity index (χ2v) is 5.07. The van der Waals surface area contributed by atoms with Gasteiger partial charge in [0.25, 0.3) is 0 Å². The number of methoxy groups -OCH3 is 1. The van der Waals surface area contributed by atoms with Crippen LogP contribution in [0.15, 0.2) is 18.2 Å². The average molecular weight is 295 g/mol. The number of ether oxygens (including phenoxy) is 2. The van der Waals surface area contributed by atoms with E-state index >= 15 is 0 Å². The summed E-state index contributed by atoms with van der Waals surface area (Å²) in [6.45, 7) is 3.99. The molecule has 0 aromatic heterocycles. The van der Waals surface area contributed by atoms with Gasteiger partial charge < -0.3 is 19.5 Å². The quantitative estimate of drug-likeness (QED) is 0.673. The van der Waals surface area contributed by atoms with Crippen molar-refractivity contribution in [2.75, 3.05) is 27.3 Å². The van der Waals surface area contributed by atoms with E-state index in [0.29, 0.717) is 19.7 Å². The van der Waals surface area contributed by atoms with Crippen molar-refractivity contribution in [3.63, 3.8) is 0 Å². The molecule has 0 amide bonds. The summed E-state index contributed by atoms with van der Waals surface area (Å²) in [5.74, 6) is 0.693. The van der Waals surface area contributed by atoms with Gasteiger partial charge in [-0.15, -0.1) is 0 Å². The van der Waals surface area contributed by atoms with Gasteiger partial charge in [-0.05, 0) is 31.2 Å². The summed E-state index contributed by atoms with van der Waals surface area (Å²) in [6, 6.07) is 5.83. The summed E-state index contributed by atoms with van der Waals surface area (Å²) in [4.78, 5) is 12.6. The first-order valence-electron chi connectivity index (χ1n) is 7.26. The molecule has 0 aliphatic heterocycles. The maximum Gasteiger partial charge on any atom is 0.304 e. The van der Waals surface area contributed by atoms with E-state index in [1.54, 1.807) is 7.11 Å². The van der Waals surface area contributed by atoms with E-state index in [1.807, 2.05) is 30.1 Å². The Bertz CT molecular complexity index is 448. The zero-order chi connectivity index (χ0) is 15.7. The number of hydrogen-bond acceptors (Lipinski definition) is 4. The minimum atomic E-state index is -0.778. The molecule has 0 atom stereocenters. The van der Waals surface area contributed by atoms with Gasteiger partial charge in [-0.1, -0.05) is 19.4 Å². The predicted molar refractivity (Wildman–Crippen MR) is 82.0 cm³/mol. The van der Waals surface area contributed by atoms with Crippen LogP contribution < -0.4 is 9.47 Å². The minimum Gasteiger partial charge on any atom is -0.493 e. The number of benzene rings is 1. The highest BCUT2D eigenvalue weighted by molar-refractivity contribution is 5.66. The van der Waals surface area contributed by atoms with E-state index in [4.69, 9.17) is 14.6 Å². The molecule has 0 unspecified atom stereocenters. The Balaban J connectivity index is 2.65. The number of carbonyl (C=O) groups is 1. The van der Waals surface area contributed by atoms with Crippen LogP contribution in [0.25, 0.3) is 0 Å². The maximum atomic E-state index is 10.6. The van der Waals surface area contributed by atoms with Crippen LogP contribution in [0.3, 0.4) is 0 Å². The molecule has 0 bridgehead atoms. The molecular weight excluding hydrogens is 270 g/mol. The van der Waals surface area contributed by atoms with E-state index < -0.39 is 5.97 Å². The van der Waals surface area contributed by atoms with Crippen molar-refractivity contribution in [2.24, 2.45) is 0 Å². The maximum absolute atomic E-state index is 10.6. The summed E-state index contributed by atoms with van der Waals surface area (Å²) < 4.78 is 11.0. The number of aliphatic carboxylic acids is 1. The van der Waals surface area contributed by atoms with Gasteiger partial charge >= 0.3 is 5.97 Å². The molecule has 0 heterocycles. The molecule has 0 radical (unpaired) electrons. The molecule has 118 valence electrons. The summed E-state index contributed by atoms with van der Waals surface area (Å²) in [6.07, 6.45) is 2.23. The van der Waals surface area contributed by atoms with Gasteiger partial charge in [0.05, 0.1) is 20.1 Å². The highest BCUT2D eigenvalue weighted by Crippen LogP contribution is 2.28. The third kappa shape index (κ3) is 6.49. The van der Waals surface area contributed by atoms with Crippen molar-refractivity contribution in [2.45, 2.75) is 32.7 Å². The zero-order valence-corrected chi connectivity index (χ0v) is 13.1. The van der Waals surface area contributed by atoms with Crippen LogP contribution >= 0.6 is 0 Å². The molecule has 1 aromatic carbocycles. The lowest BCUT2D eigenvalue weighted by Crippen LogP contribution is -2.21. The number of rotatable bonds is 10. The smallest absolute Gasteiger partial charge is 0.304 e. The molecular formula is C16H25NO4. The van der Waals surface area contributed by atoms with Crippen molar-refractivity contribution in [3.8, 4) is 11.5 Å². The Morgan fingerprint density at radius 1 is 1.33 bits per heavy atom. The van der Waals surface area contributed by atoms with Crippen LogP contribution in [-0.2, 0) is 11.3 Å². The van der Waals surface area contributed by atoms with E-state index in [0.717, 1.165) is 29.9 Å². The first kappa shape index (κ1) is 17.3. The van der Waals surface area contributed by atoms with Gasteiger partial charge in [0.15, 0.2) is 11.5 Å². The molecule has 1 N–H and O–H groups in total. The molecule has 0 saturated heterocycles. The molecule has 5 heteroatoms. The first-order chi connectivity index (χ1) is 10.1. The molecule has 1 rings (SSSR count). The normalized spacial score (nSPS) is 10.7. The fourth-order valence-corrected chi connectivity index (χ4v) is 1.94. The minimum absolute atomic E-state index is 0.145. The predicted octanol–water partition coefficient (Wildman–Crippen LogP) is 2.78. The molecule has 21 heavy (non-hydrogen) atoms. The van der Waals surface area contributed by atoms with Gasteiger partial charge in [0.1, 0.15) is 0 Å². The van der Waals surface area contributed by atoms with Crippen molar-refractivity contribution in [1.82, 2.24) is 4.90 Å². The topological polar surface area (TPSA) is 59.0 Å². The molecule has 0 spiro atoms. The summed E-state index contributed by atoms with van der Waals surface area (Å²) >= 11 is 0. The van der Waals surface area contributed by atoms with E-state index in [9.17, 15) is 4.79 Å². The van der Waals surface area contributed by atoms with E-state index in [1.165, 1.54) is 0 Å². The third-order valence-electron chi connectivity index (χ3n) is 3.14. The Labute approximate surface area is 126 Å². The van der Waals surface area contributed by atoms with Crippen LogP contribution in [-0.4, -0.2) is 43.3 Å². The van der Waals surface area contributed by atoms with Crippen LogP contribution in [0.5, 0.6) is 11.5 Å². The van der Waals surface area contributed by atoms with Gasteiger partial charge in [-0.25, -0.2) is 0 Å². The lowest BCUT2D eigenvalue weighted by atomic mass is 10.2. The Kier molecular flexibility index (Phi) is 7.61. The highest BCUT2D eigenvalue weighted by Gasteiger charge is 2.08. The highest BCUT2D eigenvalue weighted by atomic mass is 16.5. The van der Waals surface area contributed by atoms with Crippen molar-refractivity contribution >= 4 is 5.97 Å². The molecule has 0 saturated carbocycles. The molecule has 1 aromatic rings. The Morgan fingerprint density at radius 2 is 2.10 bits per heavy atom. The Hall–Kier alpha value is -1.75. The van der Waals surface area contributed by atoms with E-state index in [-0.39, 0.29) is 6.42 Å². The SMILES string of the molecule is CCCCOc1cc(CN(C)CCC(=O)O)ccc1OC. The van der Waals surface area contributed by atoms with Crippen LogP contribution in [0, 0.1) is 0 Å². The fourth-order valence-electron chi connectivity index (χ4n) is 1.94. The van der Waals surface area contributed by atoms with Gasteiger partial charge in [-0.2, -0.15) is 0 Å². The third-order valence-corrected chi connectivity index (χ3v) is 3.14. The lowest BCUT2D eigenvalue weighted by Gasteiger charge is -2.17. The average Bonchev–Trinajstić information content (AvgIpc) is 2.46. The van der Waals surface area contributed by atoms with E-state index in [2.05, 4.69) is 6.92 Å². The van der Waals surface area contributed by atoms with Gasteiger partial charge in [-0.3, -0.25) is 4.79 Å². The zero-order valence-electron chi connectivity index (χ0n) is 13.1. The van der Waals surface area contributed by atoms with Gasteiger partial charge in [0, 0.05) is 13.1 Å². The molecule has 0 aliphatic rings. The Morgan fingerprint density at radius 3 is 2.71 bits per heavy atom. The summed E-state index contributed by atoms with van der Waals surface area (Å²) in [5.41, 5.74) is 1.08. The van der Waals surface area contributed by atoms with Crippen molar-refractivity contribution in [3.05, 3.63) is 23.8 Å². The van der Waals surface area contributed by atoms with Crippen LogP contribution in [0.2, 0.25) is 0 Å². The second kappa shape index (κ2) is 9.23. The molecule has 0 aliphatic carbocycles. The fraction of sp³-hybridized carbons (Fsp3) is 0.562. The number of carboxylic acid groups (broad SMARTS) is 1. The van der Waals surface area contributed by atoms with Crippen molar-refractivity contribution in [1.29, 1.82) is 0 Å². The number of hydrogen-bond donors (Lipinski definition) is 1. The number of nitrogens with zero attached hydrogens (tertiary/aromatic N) is 1. The largest absolute Gasteiger partial charge is 0.493 e. The van der Waals surface area contributed by atoms with Crippen LogP contribution in [0.4, 0.5) is 0 Å². The monoisotopic (exact) mass is 295 g/mol.